The van der Waals surface area contributed by atoms with Crippen LogP contribution in [0.5, 0.6) is 11.5 Å². The molecule has 14 heteroatoms. The van der Waals surface area contributed by atoms with Gasteiger partial charge in [-0.3, -0.25) is 4.79 Å². The number of carboxylic acid groups (broad SMARTS) is 1. The van der Waals surface area contributed by atoms with E-state index in [1.165, 1.54) is 44.4 Å². The maximum atomic E-state index is 12.6. The van der Waals surface area contributed by atoms with Crippen molar-refractivity contribution in [3.8, 4) is 22.6 Å². The van der Waals surface area contributed by atoms with Crippen molar-refractivity contribution < 1.29 is 96.8 Å². The molecule has 0 radical (unpaired) electrons. The van der Waals surface area contributed by atoms with Gasteiger partial charge in [-0.25, -0.2) is 4.79 Å². The number of nitrogens with one attached hydrogen (secondary N) is 2. The molecule has 0 aliphatic carbocycles. The van der Waals surface area contributed by atoms with Crippen molar-refractivity contribution in [2.24, 2.45) is 7.05 Å². The van der Waals surface area contributed by atoms with E-state index < -0.39 is 53.6 Å². The van der Waals surface area contributed by atoms with Crippen molar-refractivity contribution in [1.82, 2.24) is 9.88 Å². The molecule has 2 N–H and O–H groups in total. The SMILES string of the molecule is Cc1cn(C)c(=O)c(NC(=O)N[C@@H](CC(=O)[O-])c2cccc(-c3ccc(OC(F)(F)F)cc3)c2)c1[O-].[Na+].[Na+]. The van der Waals surface area contributed by atoms with E-state index in [1.807, 2.05) is 0 Å². The molecule has 0 saturated carbocycles. The topological polar surface area (TPSA) is 136 Å². The molecule has 0 saturated heterocycles. The maximum Gasteiger partial charge on any atom is 1.00 e. The largest absolute Gasteiger partial charge is 1.00 e. The zero-order valence-electron chi connectivity index (χ0n) is 21.0. The fourth-order valence-corrected chi connectivity index (χ4v) is 3.50. The number of pyridine rings is 1. The first-order chi connectivity index (χ1) is 16.8. The number of urea groups is 1. The minimum atomic E-state index is -4.83. The second kappa shape index (κ2) is 14.1. The molecule has 2 aromatic carbocycles. The van der Waals surface area contributed by atoms with E-state index in [9.17, 15) is 37.8 Å². The Morgan fingerprint density at radius 3 is 2.29 bits per heavy atom. The van der Waals surface area contributed by atoms with Gasteiger partial charge in [0.2, 0.25) is 0 Å². The van der Waals surface area contributed by atoms with Gasteiger partial charge in [-0.1, -0.05) is 36.1 Å². The number of aryl methyl sites for hydroxylation is 2. The minimum Gasteiger partial charge on any atom is -0.871 e. The number of nitrogens with zero attached hydrogens (tertiary/aromatic N) is 1. The molecule has 2 amide bonds. The summed E-state index contributed by atoms with van der Waals surface area (Å²) in [4.78, 5) is 36.2. The number of rotatable bonds is 7. The van der Waals surface area contributed by atoms with Gasteiger partial charge in [0, 0.05) is 25.6 Å². The molecule has 0 aliphatic heterocycles. The Labute approximate surface area is 259 Å². The van der Waals surface area contributed by atoms with Gasteiger partial charge in [-0.05, 0) is 47.4 Å². The molecule has 1 heterocycles. The van der Waals surface area contributed by atoms with E-state index in [4.69, 9.17) is 0 Å². The number of hydrogen-bond donors (Lipinski definition) is 2. The van der Waals surface area contributed by atoms with Crippen LogP contribution >= 0.6 is 0 Å². The number of amides is 2. The number of aromatic nitrogens is 1. The number of aliphatic carboxylic acids is 1. The zero-order valence-corrected chi connectivity index (χ0v) is 25.0. The van der Waals surface area contributed by atoms with Crippen molar-refractivity contribution in [2.75, 3.05) is 5.32 Å². The summed E-state index contributed by atoms with van der Waals surface area (Å²) in [5.74, 6) is -2.56. The number of carboxylic acids is 1. The molecule has 0 spiro atoms. The predicted molar refractivity (Wildman–Crippen MR) is 119 cm³/mol. The first kappa shape index (κ1) is 33.5. The van der Waals surface area contributed by atoms with E-state index in [0.717, 1.165) is 16.7 Å². The summed E-state index contributed by atoms with van der Waals surface area (Å²) in [6, 6.07) is 9.20. The van der Waals surface area contributed by atoms with Crippen molar-refractivity contribution >= 4 is 17.7 Å². The Hall–Kier alpha value is -2.48. The summed E-state index contributed by atoms with van der Waals surface area (Å²) in [6.07, 6.45) is -4.15. The fourth-order valence-electron chi connectivity index (χ4n) is 3.50. The van der Waals surface area contributed by atoms with Crippen LogP contribution < -0.4 is 90.3 Å². The molecular weight excluding hydrogens is 529 g/mol. The van der Waals surface area contributed by atoms with Gasteiger partial charge < -0.3 is 34.9 Å². The molecule has 0 bridgehead atoms. The van der Waals surface area contributed by atoms with Crippen molar-refractivity contribution in [1.29, 1.82) is 0 Å². The third kappa shape index (κ3) is 9.07. The number of carbonyl (C=O) groups is 2. The van der Waals surface area contributed by atoms with Crippen LogP contribution in [0, 0.1) is 6.92 Å². The molecule has 3 aromatic rings. The second-order valence-electron chi connectivity index (χ2n) is 7.86. The molecule has 1 atom stereocenters. The molecule has 1 aromatic heterocycles. The predicted octanol–water partition coefficient (Wildman–Crippen LogP) is -3.66. The van der Waals surface area contributed by atoms with Gasteiger partial charge in [0.1, 0.15) is 11.4 Å². The van der Waals surface area contributed by atoms with Crippen LogP contribution in [0.15, 0.2) is 59.5 Å². The summed E-state index contributed by atoms with van der Waals surface area (Å²) in [5, 5.41) is 28.2. The molecule has 0 fully saturated rings. The summed E-state index contributed by atoms with van der Waals surface area (Å²) in [5.41, 5.74) is 0.350. The number of ether oxygens (including phenoxy) is 1. The van der Waals surface area contributed by atoms with Crippen molar-refractivity contribution in [2.45, 2.75) is 25.7 Å². The molecule has 9 nitrogen and oxygen atoms in total. The van der Waals surface area contributed by atoms with Crippen LogP contribution in [0.2, 0.25) is 0 Å². The van der Waals surface area contributed by atoms with E-state index in [0.29, 0.717) is 16.7 Å². The Kier molecular flexibility index (Phi) is 12.4. The number of benzene rings is 2. The normalized spacial score (nSPS) is 11.4. The number of hydrogen-bond acceptors (Lipinski definition) is 6. The molecule has 38 heavy (non-hydrogen) atoms. The maximum absolute atomic E-state index is 12.6. The third-order valence-corrected chi connectivity index (χ3v) is 5.13. The zero-order chi connectivity index (χ0) is 26.6. The summed E-state index contributed by atoms with van der Waals surface area (Å²) in [6.45, 7) is 1.47. The van der Waals surface area contributed by atoms with E-state index in [-0.39, 0.29) is 64.7 Å². The summed E-state index contributed by atoms with van der Waals surface area (Å²) in [7, 11) is 1.41. The quantitative estimate of drug-likeness (QED) is 0.292. The van der Waals surface area contributed by atoms with Crippen LogP contribution in [0.25, 0.3) is 11.1 Å². The minimum absolute atomic E-state index is 0. The average Bonchev–Trinajstić information content (AvgIpc) is 2.79. The molecule has 0 aliphatic rings. The van der Waals surface area contributed by atoms with Gasteiger partial charge >= 0.3 is 71.5 Å². The Balaban J connectivity index is 0.00000361. The van der Waals surface area contributed by atoms with E-state index in [2.05, 4.69) is 15.4 Å². The van der Waals surface area contributed by atoms with Crippen LogP contribution in [0.1, 0.15) is 23.6 Å². The van der Waals surface area contributed by atoms with E-state index in [1.54, 1.807) is 12.1 Å². The monoisotopic (exact) mass is 549 g/mol. The van der Waals surface area contributed by atoms with E-state index >= 15 is 0 Å². The van der Waals surface area contributed by atoms with Crippen LogP contribution in [0.3, 0.4) is 0 Å². The smallest absolute Gasteiger partial charge is 0.871 e. The number of carbonyl (C=O) groups excluding carboxylic acids is 2. The molecular formula is C24H20F3N3Na2O6. The first-order valence-electron chi connectivity index (χ1n) is 10.4. The third-order valence-electron chi connectivity index (χ3n) is 5.13. The van der Waals surface area contributed by atoms with Crippen LogP contribution in [-0.2, 0) is 11.8 Å². The standard InChI is InChI=1S/C24H22F3N3O6.2Na/c1-13-12-30(2)22(34)20(21(13)33)29-23(35)28-18(11-19(31)32)16-5-3-4-15(10-16)14-6-8-17(9-7-14)36-24(25,26)27;;/h3-10,12,18,33H,11H2,1-2H3,(H,31,32)(H2,28,29,35);;/q;2*+1/p-2/t18-;;/m0../s1. The Morgan fingerprint density at radius 1 is 1.08 bits per heavy atom. The molecule has 0 unspecified atom stereocenters. The number of halogens is 3. The van der Waals surface area contributed by atoms with Gasteiger partial charge in [0.05, 0.1) is 6.04 Å². The second-order valence-corrected chi connectivity index (χ2v) is 7.86. The van der Waals surface area contributed by atoms with Crippen molar-refractivity contribution in [3.63, 3.8) is 0 Å². The Morgan fingerprint density at radius 2 is 1.71 bits per heavy atom. The average molecular weight is 549 g/mol. The van der Waals surface area contributed by atoms with Gasteiger partial charge in [-0.15, -0.1) is 13.2 Å². The number of alkyl halides is 3. The summed E-state index contributed by atoms with van der Waals surface area (Å²) >= 11 is 0. The fraction of sp³-hybridized carbons (Fsp3) is 0.208. The van der Waals surface area contributed by atoms with Crippen LogP contribution in [0.4, 0.5) is 23.7 Å². The number of anilines is 1. The van der Waals surface area contributed by atoms with Gasteiger partial charge in [0.25, 0.3) is 5.56 Å². The Bertz CT molecular complexity index is 1350. The van der Waals surface area contributed by atoms with Crippen LogP contribution in [-0.4, -0.2) is 22.9 Å². The molecule has 3 rings (SSSR count). The summed E-state index contributed by atoms with van der Waals surface area (Å²) < 4.78 is 42.1. The van der Waals surface area contributed by atoms with Gasteiger partial charge in [-0.2, -0.15) is 0 Å². The van der Waals surface area contributed by atoms with Gasteiger partial charge in [0.15, 0.2) is 0 Å². The molecule has 190 valence electrons. The first-order valence-corrected chi connectivity index (χ1v) is 10.4. The van der Waals surface area contributed by atoms with Crippen molar-refractivity contribution in [3.05, 3.63) is 76.2 Å².